The molecular weight excluding hydrogens is 254 g/mol. The molecule has 0 saturated carbocycles. The lowest BCUT2D eigenvalue weighted by molar-refractivity contribution is 1.45. The molecule has 21 heavy (non-hydrogen) atoms. The first-order chi connectivity index (χ1) is 10.4. The van der Waals surface area contributed by atoms with Crippen LogP contribution in [0.25, 0.3) is 33.3 Å². The first-order valence-electron chi connectivity index (χ1n) is 7.14. The predicted molar refractivity (Wildman–Crippen MR) is 89.2 cm³/mol. The largest absolute Gasteiger partial charge is 0.355 e. The minimum Gasteiger partial charge on any atom is -0.355 e. The van der Waals surface area contributed by atoms with E-state index in [2.05, 4.69) is 83.8 Å². The average molecular weight is 269 g/mol. The second-order valence-corrected chi connectivity index (χ2v) is 5.18. The van der Waals surface area contributed by atoms with E-state index in [4.69, 9.17) is 0 Å². The first kappa shape index (κ1) is 12.0. The Kier molecular flexibility index (Phi) is 2.82. The summed E-state index contributed by atoms with van der Waals surface area (Å²) < 4.78 is 0. The number of rotatable bonds is 2. The maximum Gasteiger partial charge on any atom is 0.0465 e. The van der Waals surface area contributed by atoms with Gasteiger partial charge in [0.15, 0.2) is 0 Å². The van der Waals surface area contributed by atoms with Crippen LogP contribution in [0.15, 0.2) is 84.9 Å². The molecule has 0 unspecified atom stereocenters. The average Bonchev–Trinajstić information content (AvgIpc) is 3.00. The van der Waals surface area contributed by atoms with Crippen LogP contribution in [0.1, 0.15) is 0 Å². The quantitative estimate of drug-likeness (QED) is 0.494. The predicted octanol–water partition coefficient (Wildman–Crippen LogP) is 5.50. The highest BCUT2D eigenvalue weighted by atomic mass is 14.7. The summed E-state index contributed by atoms with van der Waals surface area (Å²) in [5.41, 5.74) is 6.07. The van der Waals surface area contributed by atoms with Crippen molar-refractivity contribution in [2.75, 3.05) is 0 Å². The van der Waals surface area contributed by atoms with Crippen LogP contribution in [0.2, 0.25) is 0 Å². The molecular formula is C20H15N. The fourth-order valence-electron chi connectivity index (χ4n) is 2.80. The first-order valence-corrected chi connectivity index (χ1v) is 7.14. The Balaban J connectivity index is 1.93. The number of nitrogens with one attached hydrogen (secondary N) is 1. The van der Waals surface area contributed by atoms with E-state index in [9.17, 15) is 0 Å². The fourth-order valence-corrected chi connectivity index (χ4v) is 2.80. The maximum absolute atomic E-state index is 3.52. The van der Waals surface area contributed by atoms with Crippen LogP contribution in [0, 0.1) is 0 Å². The summed E-state index contributed by atoms with van der Waals surface area (Å²) in [5, 5.41) is 1.27. The lowest BCUT2D eigenvalue weighted by Gasteiger charge is -2.02. The van der Waals surface area contributed by atoms with Gasteiger partial charge in [-0.05, 0) is 28.8 Å². The van der Waals surface area contributed by atoms with E-state index in [1.54, 1.807) is 0 Å². The summed E-state index contributed by atoms with van der Waals surface area (Å²) in [7, 11) is 0. The van der Waals surface area contributed by atoms with Crippen LogP contribution < -0.4 is 0 Å². The molecule has 1 N–H and O–H groups in total. The third-order valence-electron chi connectivity index (χ3n) is 3.83. The van der Waals surface area contributed by atoms with E-state index < -0.39 is 0 Å². The molecule has 0 atom stereocenters. The lowest BCUT2D eigenvalue weighted by atomic mass is 10.0. The van der Waals surface area contributed by atoms with E-state index in [-0.39, 0.29) is 0 Å². The van der Waals surface area contributed by atoms with Crippen molar-refractivity contribution in [1.82, 2.24) is 4.98 Å². The maximum atomic E-state index is 3.52. The zero-order valence-corrected chi connectivity index (χ0v) is 11.6. The Bertz CT molecular complexity index is 874. The third kappa shape index (κ3) is 2.13. The SMILES string of the molecule is c1ccc(-c2cc3c(-c4ccccc4)cccc3[nH]2)cc1. The summed E-state index contributed by atoms with van der Waals surface area (Å²) in [4.78, 5) is 3.52. The van der Waals surface area contributed by atoms with Gasteiger partial charge in [0.05, 0.1) is 0 Å². The minimum absolute atomic E-state index is 1.16. The highest BCUT2D eigenvalue weighted by Gasteiger charge is 2.07. The van der Waals surface area contributed by atoms with Crippen LogP contribution in [0.4, 0.5) is 0 Å². The molecule has 0 bridgehead atoms. The second kappa shape index (κ2) is 4.95. The second-order valence-electron chi connectivity index (χ2n) is 5.18. The fraction of sp³-hybridized carbons (Fsp3) is 0. The van der Waals surface area contributed by atoms with Crippen molar-refractivity contribution in [2.45, 2.75) is 0 Å². The molecule has 4 aromatic rings. The third-order valence-corrected chi connectivity index (χ3v) is 3.83. The summed E-state index contributed by atoms with van der Waals surface area (Å²) in [6.45, 7) is 0. The summed E-state index contributed by atoms with van der Waals surface area (Å²) in [6, 6.07) is 29.6. The van der Waals surface area contributed by atoms with Crippen LogP contribution in [-0.4, -0.2) is 4.98 Å². The Morgan fingerprint density at radius 1 is 0.571 bits per heavy atom. The van der Waals surface area contributed by atoms with Gasteiger partial charge in [0.1, 0.15) is 0 Å². The lowest BCUT2D eigenvalue weighted by Crippen LogP contribution is -1.77. The van der Waals surface area contributed by atoms with Crippen molar-refractivity contribution in [3.05, 3.63) is 84.9 Å². The molecule has 0 spiro atoms. The van der Waals surface area contributed by atoms with E-state index in [1.165, 1.54) is 27.6 Å². The number of fused-ring (bicyclic) bond motifs is 1. The Morgan fingerprint density at radius 2 is 1.24 bits per heavy atom. The summed E-state index contributed by atoms with van der Waals surface area (Å²) >= 11 is 0. The monoisotopic (exact) mass is 269 g/mol. The van der Waals surface area contributed by atoms with Crippen molar-refractivity contribution in [2.24, 2.45) is 0 Å². The number of benzene rings is 3. The molecule has 4 rings (SSSR count). The van der Waals surface area contributed by atoms with E-state index in [1.807, 2.05) is 6.07 Å². The highest BCUT2D eigenvalue weighted by molar-refractivity contribution is 5.98. The van der Waals surface area contributed by atoms with Crippen LogP contribution in [0.5, 0.6) is 0 Å². The van der Waals surface area contributed by atoms with Gasteiger partial charge in [-0.1, -0.05) is 72.8 Å². The molecule has 0 aliphatic rings. The number of hydrogen-bond donors (Lipinski definition) is 1. The Labute approximate surface area is 123 Å². The van der Waals surface area contributed by atoms with Gasteiger partial charge in [0, 0.05) is 16.6 Å². The molecule has 100 valence electrons. The van der Waals surface area contributed by atoms with Crippen LogP contribution in [0.3, 0.4) is 0 Å². The molecule has 3 aromatic carbocycles. The smallest absolute Gasteiger partial charge is 0.0465 e. The number of aromatic amines is 1. The van der Waals surface area contributed by atoms with Gasteiger partial charge >= 0.3 is 0 Å². The zero-order valence-electron chi connectivity index (χ0n) is 11.6. The normalized spacial score (nSPS) is 10.9. The van der Waals surface area contributed by atoms with E-state index >= 15 is 0 Å². The molecule has 1 heterocycles. The molecule has 1 nitrogen and oxygen atoms in total. The van der Waals surface area contributed by atoms with Crippen LogP contribution in [-0.2, 0) is 0 Å². The number of H-pyrrole nitrogens is 1. The summed E-state index contributed by atoms with van der Waals surface area (Å²) in [6.07, 6.45) is 0. The van der Waals surface area contributed by atoms with E-state index in [0.717, 1.165) is 5.69 Å². The number of aromatic nitrogens is 1. The molecule has 0 radical (unpaired) electrons. The Hall–Kier alpha value is -2.80. The minimum atomic E-state index is 1.16. The molecule has 0 amide bonds. The van der Waals surface area contributed by atoms with Crippen molar-refractivity contribution in [3.63, 3.8) is 0 Å². The van der Waals surface area contributed by atoms with Crippen molar-refractivity contribution >= 4 is 10.9 Å². The molecule has 1 aromatic heterocycles. The Morgan fingerprint density at radius 3 is 1.95 bits per heavy atom. The van der Waals surface area contributed by atoms with Gasteiger partial charge < -0.3 is 4.98 Å². The molecule has 0 saturated heterocycles. The van der Waals surface area contributed by atoms with Crippen LogP contribution >= 0.6 is 0 Å². The topological polar surface area (TPSA) is 15.8 Å². The van der Waals surface area contributed by atoms with Crippen molar-refractivity contribution in [3.8, 4) is 22.4 Å². The molecule has 1 heteroatoms. The van der Waals surface area contributed by atoms with Gasteiger partial charge in [-0.2, -0.15) is 0 Å². The van der Waals surface area contributed by atoms with Gasteiger partial charge in [-0.25, -0.2) is 0 Å². The van der Waals surface area contributed by atoms with Gasteiger partial charge in [0.25, 0.3) is 0 Å². The van der Waals surface area contributed by atoms with E-state index in [0.29, 0.717) is 0 Å². The van der Waals surface area contributed by atoms with Gasteiger partial charge in [-0.15, -0.1) is 0 Å². The highest BCUT2D eigenvalue weighted by Crippen LogP contribution is 2.32. The molecule has 0 fully saturated rings. The van der Waals surface area contributed by atoms with Crippen molar-refractivity contribution < 1.29 is 0 Å². The summed E-state index contributed by atoms with van der Waals surface area (Å²) in [5.74, 6) is 0. The number of hydrogen-bond acceptors (Lipinski definition) is 0. The zero-order chi connectivity index (χ0) is 14.1. The molecule has 0 aliphatic heterocycles. The van der Waals surface area contributed by atoms with Crippen molar-refractivity contribution in [1.29, 1.82) is 0 Å². The van der Waals surface area contributed by atoms with Gasteiger partial charge in [-0.3, -0.25) is 0 Å². The standard InChI is InChI=1S/C20H15N/c1-3-8-15(9-4-1)17-12-7-13-19-18(17)14-20(21-19)16-10-5-2-6-11-16/h1-14,21H. The van der Waals surface area contributed by atoms with Gasteiger partial charge in [0.2, 0.25) is 0 Å². The molecule has 0 aliphatic carbocycles.